The van der Waals surface area contributed by atoms with Crippen LogP contribution in [-0.2, 0) is 0 Å². The molecular weight excluding hydrogens is 304 g/mol. The lowest BCUT2D eigenvalue weighted by Crippen LogP contribution is -2.17. The molecule has 0 amide bonds. The van der Waals surface area contributed by atoms with Crippen molar-refractivity contribution in [3.05, 3.63) is 42.0 Å². The van der Waals surface area contributed by atoms with Gasteiger partial charge in [0.2, 0.25) is 0 Å². The van der Waals surface area contributed by atoms with E-state index in [4.69, 9.17) is 9.47 Å². The summed E-state index contributed by atoms with van der Waals surface area (Å²) in [5.74, 6) is 0.917. The summed E-state index contributed by atoms with van der Waals surface area (Å²) in [6, 6.07) is 12.1. The maximum absolute atomic E-state index is 5.57. The van der Waals surface area contributed by atoms with Crippen molar-refractivity contribution in [1.29, 1.82) is 0 Å². The third-order valence-electron chi connectivity index (χ3n) is 3.98. The maximum Gasteiger partial charge on any atom is 0.278 e. The Bertz CT molecular complexity index is 894. The van der Waals surface area contributed by atoms with Crippen LogP contribution in [0.15, 0.2) is 36.4 Å². The number of anilines is 3. The molecule has 122 valence electrons. The van der Waals surface area contributed by atoms with Gasteiger partial charge in [-0.2, -0.15) is 0 Å². The van der Waals surface area contributed by atoms with Crippen LogP contribution >= 0.6 is 0 Å². The Balaban J connectivity index is 1.78. The van der Waals surface area contributed by atoms with Crippen molar-refractivity contribution in [2.45, 2.75) is 6.92 Å². The first-order valence-corrected chi connectivity index (χ1v) is 7.86. The molecule has 1 aliphatic heterocycles. The number of nitrogens with one attached hydrogen (secondary N) is 2. The zero-order valence-electron chi connectivity index (χ0n) is 13.6. The summed E-state index contributed by atoms with van der Waals surface area (Å²) in [6.45, 7) is 3.01. The molecule has 0 atom stereocenters. The van der Waals surface area contributed by atoms with E-state index in [1.54, 1.807) is 0 Å². The van der Waals surface area contributed by atoms with E-state index in [0.717, 1.165) is 33.7 Å². The van der Waals surface area contributed by atoms with E-state index >= 15 is 0 Å². The molecule has 0 unspecified atom stereocenters. The normalized spacial score (nSPS) is 12.9. The van der Waals surface area contributed by atoms with Crippen LogP contribution in [0.4, 0.5) is 17.1 Å². The lowest BCUT2D eigenvalue weighted by molar-refractivity contribution is 0.158. The van der Waals surface area contributed by atoms with E-state index in [1.807, 2.05) is 50.4 Å². The first-order valence-electron chi connectivity index (χ1n) is 7.86. The van der Waals surface area contributed by atoms with Crippen molar-refractivity contribution in [3.8, 4) is 11.8 Å². The predicted molar refractivity (Wildman–Crippen MR) is 94.5 cm³/mol. The maximum atomic E-state index is 5.57. The molecule has 2 aromatic carbocycles. The zero-order valence-corrected chi connectivity index (χ0v) is 13.6. The zero-order chi connectivity index (χ0) is 16.5. The summed E-state index contributed by atoms with van der Waals surface area (Å²) in [4.78, 5) is 9.21. The van der Waals surface area contributed by atoms with Gasteiger partial charge in [-0.15, -0.1) is 0 Å². The summed E-state index contributed by atoms with van der Waals surface area (Å²) in [5, 5.41) is 6.51. The van der Waals surface area contributed by atoms with E-state index in [1.165, 1.54) is 0 Å². The molecule has 0 spiro atoms. The Morgan fingerprint density at radius 1 is 0.833 bits per heavy atom. The molecule has 4 rings (SSSR count). The first-order chi connectivity index (χ1) is 11.7. The number of nitrogens with zero attached hydrogens (tertiary/aromatic N) is 2. The molecule has 0 bridgehead atoms. The number of hydrogen-bond acceptors (Lipinski definition) is 6. The Kier molecular flexibility index (Phi) is 3.57. The van der Waals surface area contributed by atoms with Crippen LogP contribution in [0.2, 0.25) is 0 Å². The minimum absolute atomic E-state index is 0.452. The largest absolute Gasteiger partial charge is 0.470 e. The van der Waals surface area contributed by atoms with Gasteiger partial charge in [-0.1, -0.05) is 6.07 Å². The fraction of sp³-hybridized carbons (Fsp3) is 0.222. The molecular formula is C18H18N4O2. The summed E-state index contributed by atoms with van der Waals surface area (Å²) < 4.78 is 11.1. The number of aryl methyl sites for hydroxylation is 1. The van der Waals surface area contributed by atoms with Gasteiger partial charge in [0.15, 0.2) is 0 Å². The molecule has 24 heavy (non-hydrogen) atoms. The summed E-state index contributed by atoms with van der Waals surface area (Å²) in [6.07, 6.45) is 0. The molecule has 6 heteroatoms. The number of ether oxygens (including phenoxy) is 2. The number of rotatable bonds is 3. The van der Waals surface area contributed by atoms with Gasteiger partial charge in [0, 0.05) is 18.4 Å². The third-order valence-corrected chi connectivity index (χ3v) is 3.98. The van der Waals surface area contributed by atoms with Crippen molar-refractivity contribution in [2.75, 3.05) is 30.9 Å². The van der Waals surface area contributed by atoms with Crippen LogP contribution in [0.25, 0.3) is 11.0 Å². The first kappa shape index (κ1) is 14.6. The molecule has 0 aliphatic carbocycles. The van der Waals surface area contributed by atoms with Gasteiger partial charge in [-0.3, -0.25) is 0 Å². The second-order valence-corrected chi connectivity index (χ2v) is 5.61. The standard InChI is InChI=1S/C18H18N4O2/c1-11-3-8-14(20-13-6-4-12(19-2)5-7-13)16-15(11)21-17-18(22-16)24-10-9-23-17/h3-8,19-20H,9-10H2,1-2H3. The van der Waals surface area contributed by atoms with Gasteiger partial charge >= 0.3 is 0 Å². The Hall–Kier alpha value is -3.02. The lowest BCUT2D eigenvalue weighted by atomic mass is 10.1. The van der Waals surface area contributed by atoms with Gasteiger partial charge in [-0.25, -0.2) is 9.97 Å². The van der Waals surface area contributed by atoms with Crippen molar-refractivity contribution in [2.24, 2.45) is 0 Å². The highest BCUT2D eigenvalue weighted by atomic mass is 16.6. The lowest BCUT2D eigenvalue weighted by Gasteiger charge is -2.18. The predicted octanol–water partition coefficient (Wildman–Crippen LogP) is 3.49. The molecule has 2 heterocycles. The molecule has 2 N–H and O–H groups in total. The molecule has 1 aliphatic rings. The number of aromatic nitrogens is 2. The van der Waals surface area contributed by atoms with Gasteiger partial charge in [-0.05, 0) is 42.8 Å². The summed E-state index contributed by atoms with van der Waals surface area (Å²) in [5.41, 5.74) is 5.57. The van der Waals surface area contributed by atoms with Crippen molar-refractivity contribution in [1.82, 2.24) is 9.97 Å². The fourth-order valence-corrected chi connectivity index (χ4v) is 2.67. The molecule has 1 aromatic heterocycles. The van der Waals surface area contributed by atoms with Crippen LogP contribution in [0.5, 0.6) is 11.8 Å². The summed E-state index contributed by atoms with van der Waals surface area (Å²) in [7, 11) is 1.90. The SMILES string of the molecule is CNc1ccc(Nc2ccc(C)c3nc4c(nc23)OCCO4)cc1. The van der Waals surface area contributed by atoms with Gasteiger partial charge in [0.05, 0.1) is 11.2 Å². The Labute approximate surface area is 139 Å². The molecule has 3 aromatic rings. The third kappa shape index (κ3) is 2.56. The van der Waals surface area contributed by atoms with Gasteiger partial charge in [0.1, 0.15) is 18.7 Å². The van der Waals surface area contributed by atoms with E-state index in [0.29, 0.717) is 25.0 Å². The highest BCUT2D eigenvalue weighted by molar-refractivity contribution is 5.92. The van der Waals surface area contributed by atoms with Gasteiger partial charge < -0.3 is 20.1 Å². The minimum Gasteiger partial charge on any atom is -0.470 e. The van der Waals surface area contributed by atoms with Crippen LogP contribution in [0.1, 0.15) is 5.56 Å². The van der Waals surface area contributed by atoms with Crippen molar-refractivity contribution < 1.29 is 9.47 Å². The number of fused-ring (bicyclic) bond motifs is 2. The molecule has 0 fully saturated rings. The van der Waals surface area contributed by atoms with Crippen molar-refractivity contribution >= 4 is 28.1 Å². The minimum atomic E-state index is 0.452. The second-order valence-electron chi connectivity index (χ2n) is 5.61. The smallest absolute Gasteiger partial charge is 0.278 e. The Morgan fingerprint density at radius 3 is 2.12 bits per heavy atom. The van der Waals surface area contributed by atoms with E-state index in [2.05, 4.69) is 20.6 Å². The van der Waals surface area contributed by atoms with Crippen LogP contribution in [-0.4, -0.2) is 30.2 Å². The average molecular weight is 322 g/mol. The highest BCUT2D eigenvalue weighted by Gasteiger charge is 2.18. The number of hydrogen-bond donors (Lipinski definition) is 2. The van der Waals surface area contributed by atoms with E-state index < -0.39 is 0 Å². The van der Waals surface area contributed by atoms with Crippen LogP contribution in [0, 0.1) is 6.92 Å². The van der Waals surface area contributed by atoms with Gasteiger partial charge in [0.25, 0.3) is 11.8 Å². The fourth-order valence-electron chi connectivity index (χ4n) is 2.67. The molecule has 0 radical (unpaired) electrons. The topological polar surface area (TPSA) is 68.3 Å². The van der Waals surface area contributed by atoms with Crippen LogP contribution in [0.3, 0.4) is 0 Å². The Morgan fingerprint density at radius 2 is 1.46 bits per heavy atom. The number of benzene rings is 2. The quantitative estimate of drug-likeness (QED) is 0.769. The van der Waals surface area contributed by atoms with Crippen molar-refractivity contribution in [3.63, 3.8) is 0 Å². The summed E-state index contributed by atoms with van der Waals surface area (Å²) >= 11 is 0. The average Bonchev–Trinajstić information content (AvgIpc) is 2.63. The molecule has 6 nitrogen and oxygen atoms in total. The highest BCUT2D eigenvalue weighted by Crippen LogP contribution is 2.33. The monoisotopic (exact) mass is 322 g/mol. The second kappa shape index (κ2) is 5.88. The van der Waals surface area contributed by atoms with E-state index in [9.17, 15) is 0 Å². The molecule has 0 saturated heterocycles. The van der Waals surface area contributed by atoms with Crippen LogP contribution < -0.4 is 20.1 Å². The van der Waals surface area contributed by atoms with E-state index in [-0.39, 0.29) is 0 Å². The molecule has 0 saturated carbocycles.